The van der Waals surface area contributed by atoms with Gasteiger partial charge in [0.1, 0.15) is 23.6 Å². The maximum absolute atomic E-state index is 13.5. The van der Waals surface area contributed by atoms with Gasteiger partial charge in [-0.05, 0) is 18.2 Å². The first-order valence-corrected chi connectivity index (χ1v) is 7.25. The zero-order chi connectivity index (χ0) is 16.2. The highest BCUT2D eigenvalue weighted by Gasteiger charge is 2.22. The van der Waals surface area contributed by atoms with Crippen LogP contribution in [-0.4, -0.2) is 18.4 Å². The van der Waals surface area contributed by atoms with Crippen LogP contribution in [-0.2, 0) is 11.4 Å². The molecule has 2 aromatic rings. The van der Waals surface area contributed by atoms with Gasteiger partial charge in [-0.2, -0.15) is 0 Å². The molecule has 120 valence electrons. The summed E-state index contributed by atoms with van der Waals surface area (Å²) in [6, 6.07) is 9.65. The van der Waals surface area contributed by atoms with Gasteiger partial charge in [-0.1, -0.05) is 23.4 Å². The average molecular weight is 320 g/mol. The standard InChI is InChI=1S/C17H15F3N2O/c18-13-3-1-2-11(6-13)17-8-15(23-22-17)10-21-9-12-4-5-14(19)7-16(12)20/h1-7,15,21H,8-10H2/t15-/m1/s1. The maximum atomic E-state index is 13.5. The van der Waals surface area contributed by atoms with Gasteiger partial charge >= 0.3 is 0 Å². The molecule has 1 aliphatic heterocycles. The molecule has 3 nitrogen and oxygen atoms in total. The predicted octanol–water partition coefficient (Wildman–Crippen LogP) is 3.39. The van der Waals surface area contributed by atoms with Crippen LogP contribution >= 0.6 is 0 Å². The third-order valence-corrected chi connectivity index (χ3v) is 3.59. The fraction of sp³-hybridized carbons (Fsp3) is 0.235. The Balaban J connectivity index is 1.50. The van der Waals surface area contributed by atoms with E-state index in [9.17, 15) is 13.2 Å². The van der Waals surface area contributed by atoms with Gasteiger partial charge in [-0.25, -0.2) is 13.2 Å². The van der Waals surface area contributed by atoms with Crippen LogP contribution in [0.25, 0.3) is 0 Å². The van der Waals surface area contributed by atoms with Crippen LogP contribution in [0.1, 0.15) is 17.5 Å². The molecule has 0 fully saturated rings. The number of oxime groups is 1. The van der Waals surface area contributed by atoms with E-state index < -0.39 is 11.6 Å². The molecule has 0 amide bonds. The molecule has 0 saturated carbocycles. The Labute approximate surface area is 131 Å². The number of hydrogen-bond acceptors (Lipinski definition) is 3. The molecule has 0 spiro atoms. The summed E-state index contributed by atoms with van der Waals surface area (Å²) in [5.41, 5.74) is 1.76. The Bertz CT molecular complexity index is 734. The summed E-state index contributed by atoms with van der Waals surface area (Å²) < 4.78 is 39.5. The molecule has 0 aromatic heterocycles. The van der Waals surface area contributed by atoms with Crippen LogP contribution in [0.15, 0.2) is 47.6 Å². The van der Waals surface area contributed by atoms with Gasteiger partial charge in [0.2, 0.25) is 0 Å². The molecule has 23 heavy (non-hydrogen) atoms. The topological polar surface area (TPSA) is 33.6 Å². The zero-order valence-electron chi connectivity index (χ0n) is 12.2. The zero-order valence-corrected chi connectivity index (χ0v) is 12.2. The van der Waals surface area contributed by atoms with E-state index in [1.54, 1.807) is 12.1 Å². The van der Waals surface area contributed by atoms with E-state index in [1.165, 1.54) is 24.3 Å². The third-order valence-electron chi connectivity index (χ3n) is 3.59. The third kappa shape index (κ3) is 3.90. The van der Waals surface area contributed by atoms with Gasteiger partial charge < -0.3 is 10.2 Å². The second-order valence-electron chi connectivity index (χ2n) is 5.35. The van der Waals surface area contributed by atoms with E-state index >= 15 is 0 Å². The lowest BCUT2D eigenvalue weighted by molar-refractivity contribution is 0.0848. The summed E-state index contributed by atoms with van der Waals surface area (Å²) in [5, 5.41) is 7.02. The molecule has 0 saturated heterocycles. The first-order valence-electron chi connectivity index (χ1n) is 7.25. The van der Waals surface area contributed by atoms with E-state index in [1.807, 2.05) is 0 Å². The van der Waals surface area contributed by atoms with Crippen molar-refractivity contribution < 1.29 is 18.0 Å². The molecular weight excluding hydrogens is 305 g/mol. The number of rotatable bonds is 5. The van der Waals surface area contributed by atoms with Crippen molar-refractivity contribution in [2.24, 2.45) is 5.16 Å². The van der Waals surface area contributed by atoms with Crippen molar-refractivity contribution in [1.82, 2.24) is 5.32 Å². The highest BCUT2D eigenvalue weighted by atomic mass is 19.1. The molecule has 0 radical (unpaired) electrons. The molecule has 2 aromatic carbocycles. The summed E-state index contributed by atoms with van der Waals surface area (Å²) in [6.45, 7) is 0.723. The number of nitrogens with zero attached hydrogens (tertiary/aromatic N) is 1. The lowest BCUT2D eigenvalue weighted by atomic mass is 10.0. The Kier molecular flexibility index (Phi) is 4.62. The van der Waals surface area contributed by atoms with Gasteiger partial charge in [-0.3, -0.25) is 0 Å². The van der Waals surface area contributed by atoms with E-state index in [2.05, 4.69) is 10.5 Å². The molecule has 3 rings (SSSR count). The predicted molar refractivity (Wildman–Crippen MR) is 80.5 cm³/mol. The smallest absolute Gasteiger partial charge is 0.145 e. The first kappa shape index (κ1) is 15.6. The largest absolute Gasteiger partial charge is 0.390 e. The fourth-order valence-corrected chi connectivity index (χ4v) is 2.41. The highest BCUT2D eigenvalue weighted by Crippen LogP contribution is 2.17. The van der Waals surface area contributed by atoms with Crippen molar-refractivity contribution in [3.8, 4) is 0 Å². The van der Waals surface area contributed by atoms with Crippen LogP contribution in [0, 0.1) is 17.5 Å². The van der Waals surface area contributed by atoms with E-state index in [4.69, 9.17) is 4.84 Å². The lowest BCUT2D eigenvalue weighted by Crippen LogP contribution is -2.27. The van der Waals surface area contributed by atoms with Crippen LogP contribution in [0.5, 0.6) is 0 Å². The minimum atomic E-state index is -0.599. The van der Waals surface area contributed by atoms with Crippen LogP contribution < -0.4 is 5.32 Å². The number of benzene rings is 2. The summed E-state index contributed by atoms with van der Waals surface area (Å²) in [5.74, 6) is -1.50. The Hall–Kier alpha value is -2.34. The molecule has 1 heterocycles. The molecule has 0 aliphatic carbocycles. The molecule has 1 atom stereocenters. The van der Waals surface area contributed by atoms with Gasteiger partial charge in [0.15, 0.2) is 0 Å². The van der Waals surface area contributed by atoms with E-state index in [0.29, 0.717) is 29.8 Å². The minimum Gasteiger partial charge on any atom is -0.390 e. The van der Waals surface area contributed by atoms with Crippen LogP contribution in [0.2, 0.25) is 0 Å². The van der Waals surface area contributed by atoms with Crippen molar-refractivity contribution in [3.05, 3.63) is 71.0 Å². The number of nitrogens with one attached hydrogen (secondary N) is 1. The second kappa shape index (κ2) is 6.83. The van der Waals surface area contributed by atoms with Crippen LogP contribution in [0.4, 0.5) is 13.2 Å². The highest BCUT2D eigenvalue weighted by molar-refractivity contribution is 6.01. The van der Waals surface area contributed by atoms with Crippen molar-refractivity contribution in [2.75, 3.05) is 6.54 Å². The molecular formula is C17H15F3N2O. The molecule has 0 bridgehead atoms. The normalized spacial score (nSPS) is 17.0. The number of hydrogen-bond donors (Lipinski definition) is 1. The van der Waals surface area contributed by atoms with Gasteiger partial charge in [-0.15, -0.1) is 0 Å². The SMILES string of the molecule is Fc1cccc(C2=NO[C@@H](CNCc3ccc(F)cc3F)C2)c1. The van der Waals surface area contributed by atoms with Crippen molar-refractivity contribution in [2.45, 2.75) is 19.1 Å². The lowest BCUT2D eigenvalue weighted by Gasteiger charge is -2.10. The summed E-state index contributed by atoms with van der Waals surface area (Å²) in [7, 11) is 0. The van der Waals surface area contributed by atoms with Crippen molar-refractivity contribution >= 4 is 5.71 Å². The minimum absolute atomic E-state index is 0.197. The average Bonchev–Trinajstić information content (AvgIpc) is 2.98. The van der Waals surface area contributed by atoms with Gasteiger partial charge in [0.05, 0.1) is 5.71 Å². The van der Waals surface area contributed by atoms with E-state index in [0.717, 1.165) is 6.07 Å². The molecule has 0 unspecified atom stereocenters. The Morgan fingerprint density at radius 2 is 1.91 bits per heavy atom. The molecule has 6 heteroatoms. The Morgan fingerprint density at radius 3 is 2.70 bits per heavy atom. The summed E-state index contributed by atoms with van der Waals surface area (Å²) in [4.78, 5) is 5.30. The van der Waals surface area contributed by atoms with E-state index in [-0.39, 0.29) is 18.5 Å². The van der Waals surface area contributed by atoms with Gasteiger partial charge in [0, 0.05) is 36.7 Å². The fourth-order valence-electron chi connectivity index (χ4n) is 2.41. The Morgan fingerprint density at radius 1 is 1.09 bits per heavy atom. The molecule has 1 N–H and O–H groups in total. The number of halogens is 3. The summed E-state index contributed by atoms with van der Waals surface area (Å²) in [6.07, 6.45) is 0.347. The second-order valence-corrected chi connectivity index (χ2v) is 5.35. The summed E-state index contributed by atoms with van der Waals surface area (Å²) >= 11 is 0. The van der Waals surface area contributed by atoms with Crippen molar-refractivity contribution in [3.63, 3.8) is 0 Å². The van der Waals surface area contributed by atoms with Crippen molar-refractivity contribution in [1.29, 1.82) is 0 Å². The maximum Gasteiger partial charge on any atom is 0.145 e. The van der Waals surface area contributed by atoms with Gasteiger partial charge in [0.25, 0.3) is 0 Å². The quantitative estimate of drug-likeness (QED) is 0.916. The van der Waals surface area contributed by atoms with Crippen LogP contribution in [0.3, 0.4) is 0 Å². The first-order chi connectivity index (χ1) is 11.1. The monoisotopic (exact) mass is 320 g/mol. The molecule has 1 aliphatic rings.